The second-order valence-electron chi connectivity index (χ2n) is 3.53. The number of aliphatic hydroxyl groups is 1. The molecule has 0 aromatic rings. The van der Waals surface area contributed by atoms with Crippen LogP contribution >= 0.6 is 0 Å². The van der Waals surface area contributed by atoms with Crippen molar-refractivity contribution in [3.05, 3.63) is 0 Å². The molecule has 0 rings (SSSR count). The molecule has 76 valence electrons. The summed E-state index contributed by atoms with van der Waals surface area (Å²) in [6, 6.07) is 1.86. The minimum Gasteiger partial charge on any atom is -0.395 e. The van der Waals surface area contributed by atoms with Gasteiger partial charge >= 0.3 is 0 Å². The molecule has 4 nitrogen and oxygen atoms in total. The Morgan fingerprint density at radius 3 is 2.62 bits per heavy atom. The van der Waals surface area contributed by atoms with Gasteiger partial charge in [-0.25, -0.2) is 0 Å². The van der Waals surface area contributed by atoms with Gasteiger partial charge in [-0.3, -0.25) is 5.32 Å². The molecule has 2 N–H and O–H groups in total. The fourth-order valence-corrected chi connectivity index (χ4v) is 0.977. The first-order valence-corrected chi connectivity index (χ1v) is 4.34. The molecule has 4 heteroatoms. The molecule has 0 radical (unpaired) electrons. The van der Waals surface area contributed by atoms with Gasteiger partial charge in [0.15, 0.2) is 0 Å². The highest BCUT2D eigenvalue weighted by Gasteiger charge is 2.21. The van der Waals surface area contributed by atoms with E-state index in [9.17, 15) is 0 Å². The number of methoxy groups -OCH3 is 1. The highest BCUT2D eigenvalue weighted by molar-refractivity contribution is 4.93. The van der Waals surface area contributed by atoms with Crippen molar-refractivity contribution in [3.8, 4) is 6.07 Å². The van der Waals surface area contributed by atoms with Gasteiger partial charge < -0.3 is 9.84 Å². The van der Waals surface area contributed by atoms with Crippen LogP contribution in [0.3, 0.4) is 0 Å². The second kappa shape index (κ2) is 5.92. The van der Waals surface area contributed by atoms with Crippen molar-refractivity contribution < 1.29 is 9.84 Å². The Kier molecular flexibility index (Phi) is 5.63. The van der Waals surface area contributed by atoms with Gasteiger partial charge in [0, 0.05) is 20.1 Å². The summed E-state index contributed by atoms with van der Waals surface area (Å²) in [7, 11) is 1.63. The van der Waals surface area contributed by atoms with Crippen molar-refractivity contribution in [3.63, 3.8) is 0 Å². The van der Waals surface area contributed by atoms with Crippen molar-refractivity contribution in [2.24, 2.45) is 0 Å². The number of aliphatic hydroxyl groups excluding tert-OH is 1. The summed E-state index contributed by atoms with van der Waals surface area (Å²) in [4.78, 5) is 0. The van der Waals surface area contributed by atoms with Gasteiger partial charge in [0.25, 0.3) is 0 Å². The molecule has 0 aliphatic carbocycles. The van der Waals surface area contributed by atoms with Crippen LogP contribution in [0, 0.1) is 11.3 Å². The summed E-state index contributed by atoms with van der Waals surface area (Å²) in [5, 5.41) is 20.2. The Morgan fingerprint density at radius 2 is 2.23 bits per heavy atom. The molecule has 0 heterocycles. The lowest BCUT2D eigenvalue weighted by atomic mass is 9.99. The predicted molar refractivity (Wildman–Crippen MR) is 50.2 cm³/mol. The first-order chi connectivity index (χ1) is 6.05. The molecule has 0 aliphatic heterocycles. The van der Waals surface area contributed by atoms with Crippen molar-refractivity contribution in [1.82, 2.24) is 5.32 Å². The van der Waals surface area contributed by atoms with Gasteiger partial charge in [-0.1, -0.05) is 0 Å². The van der Waals surface area contributed by atoms with E-state index in [4.69, 9.17) is 15.1 Å². The fraction of sp³-hybridized carbons (Fsp3) is 0.889. The van der Waals surface area contributed by atoms with E-state index in [1.165, 1.54) is 0 Å². The molecule has 13 heavy (non-hydrogen) atoms. The van der Waals surface area contributed by atoms with Gasteiger partial charge in [0.05, 0.1) is 24.3 Å². The van der Waals surface area contributed by atoms with E-state index in [1.54, 1.807) is 7.11 Å². The lowest BCUT2D eigenvalue weighted by Gasteiger charge is -2.25. The summed E-state index contributed by atoms with van der Waals surface area (Å²) in [6.45, 7) is 4.35. The topological polar surface area (TPSA) is 65.3 Å². The third-order valence-corrected chi connectivity index (χ3v) is 1.91. The van der Waals surface area contributed by atoms with Crippen LogP contribution in [0.15, 0.2) is 0 Å². The monoisotopic (exact) mass is 186 g/mol. The van der Waals surface area contributed by atoms with Crippen LogP contribution in [0.5, 0.6) is 0 Å². The van der Waals surface area contributed by atoms with Gasteiger partial charge in [-0.2, -0.15) is 5.26 Å². The van der Waals surface area contributed by atoms with Gasteiger partial charge in [0.1, 0.15) is 0 Å². The zero-order valence-electron chi connectivity index (χ0n) is 8.50. The normalized spacial score (nSPS) is 13.8. The highest BCUT2D eigenvalue weighted by Crippen LogP contribution is 2.14. The van der Waals surface area contributed by atoms with Crippen LogP contribution in [0.1, 0.15) is 20.3 Å². The van der Waals surface area contributed by atoms with E-state index < -0.39 is 0 Å². The zero-order chi connectivity index (χ0) is 10.3. The van der Waals surface area contributed by atoms with Crippen LogP contribution in [-0.4, -0.2) is 37.0 Å². The SMILES string of the molecule is COC(C)(C)CC(C#N)NCCO. The highest BCUT2D eigenvalue weighted by atomic mass is 16.5. The van der Waals surface area contributed by atoms with Gasteiger partial charge in [-0.15, -0.1) is 0 Å². The molecule has 0 fully saturated rings. The third kappa shape index (κ3) is 5.58. The van der Waals surface area contributed by atoms with Crippen molar-refractivity contribution in [1.29, 1.82) is 5.26 Å². The number of rotatable bonds is 6. The molecule has 1 unspecified atom stereocenters. The van der Waals surface area contributed by atoms with E-state index in [2.05, 4.69) is 11.4 Å². The lowest BCUT2D eigenvalue weighted by molar-refractivity contribution is 0.0110. The summed E-state index contributed by atoms with van der Waals surface area (Å²) >= 11 is 0. The van der Waals surface area contributed by atoms with Crippen LogP contribution in [0.2, 0.25) is 0 Å². The number of ether oxygens (including phenoxy) is 1. The maximum absolute atomic E-state index is 8.76. The Balaban J connectivity index is 3.92. The fourth-order valence-electron chi connectivity index (χ4n) is 0.977. The molecule has 0 spiro atoms. The summed E-state index contributed by atoms with van der Waals surface area (Å²) in [5.41, 5.74) is -0.303. The average Bonchev–Trinajstić information content (AvgIpc) is 2.12. The Bertz CT molecular complexity index is 175. The molecule has 0 saturated heterocycles. The second-order valence-corrected chi connectivity index (χ2v) is 3.53. The van der Waals surface area contributed by atoms with E-state index >= 15 is 0 Å². The third-order valence-electron chi connectivity index (χ3n) is 1.91. The molecule has 1 atom stereocenters. The van der Waals surface area contributed by atoms with E-state index in [-0.39, 0.29) is 18.2 Å². The standard InChI is InChI=1S/C9H18N2O2/c1-9(2,13-3)6-8(7-10)11-4-5-12/h8,11-12H,4-6H2,1-3H3. The molecule has 0 saturated carbocycles. The molecular formula is C9H18N2O2. The van der Waals surface area contributed by atoms with Crippen LogP contribution in [0.25, 0.3) is 0 Å². The number of nitriles is 1. The quantitative estimate of drug-likeness (QED) is 0.625. The number of nitrogens with zero attached hydrogens (tertiary/aromatic N) is 1. The number of nitrogens with one attached hydrogen (secondary N) is 1. The molecule has 0 bridgehead atoms. The lowest BCUT2D eigenvalue weighted by Crippen LogP contribution is -2.37. The van der Waals surface area contributed by atoms with Gasteiger partial charge in [-0.05, 0) is 13.8 Å². The van der Waals surface area contributed by atoms with E-state index in [0.29, 0.717) is 13.0 Å². The maximum atomic E-state index is 8.76. The first kappa shape index (κ1) is 12.4. The summed E-state index contributed by atoms with van der Waals surface area (Å²) in [5.74, 6) is 0. The smallest absolute Gasteiger partial charge is 0.0981 e. The summed E-state index contributed by atoms with van der Waals surface area (Å²) < 4.78 is 5.20. The molecule has 0 amide bonds. The maximum Gasteiger partial charge on any atom is 0.0981 e. The Hall–Kier alpha value is -0.630. The largest absolute Gasteiger partial charge is 0.395 e. The van der Waals surface area contributed by atoms with E-state index in [1.807, 2.05) is 13.8 Å². The van der Waals surface area contributed by atoms with Crippen molar-refractivity contribution in [2.45, 2.75) is 31.9 Å². The molecule has 0 aliphatic rings. The minimum atomic E-state index is -0.303. The van der Waals surface area contributed by atoms with Crippen LogP contribution in [0.4, 0.5) is 0 Å². The van der Waals surface area contributed by atoms with Crippen LogP contribution < -0.4 is 5.32 Å². The average molecular weight is 186 g/mol. The summed E-state index contributed by atoms with van der Waals surface area (Å²) in [6.07, 6.45) is 0.611. The Labute approximate surface area is 79.5 Å². The predicted octanol–water partition coefficient (Wildman–Crippen LogP) is 0.276. The molecule has 0 aromatic carbocycles. The first-order valence-electron chi connectivity index (χ1n) is 4.34. The molecule has 0 aromatic heterocycles. The number of hydrogen-bond donors (Lipinski definition) is 2. The van der Waals surface area contributed by atoms with Gasteiger partial charge in [0.2, 0.25) is 0 Å². The zero-order valence-corrected chi connectivity index (χ0v) is 8.50. The number of hydrogen-bond acceptors (Lipinski definition) is 4. The Morgan fingerprint density at radius 1 is 1.62 bits per heavy atom. The van der Waals surface area contributed by atoms with Crippen LogP contribution in [-0.2, 0) is 4.74 Å². The van der Waals surface area contributed by atoms with E-state index in [0.717, 1.165) is 0 Å². The minimum absolute atomic E-state index is 0.0472. The van der Waals surface area contributed by atoms with Crippen molar-refractivity contribution in [2.75, 3.05) is 20.3 Å². The molecular weight excluding hydrogens is 168 g/mol. The van der Waals surface area contributed by atoms with Crippen molar-refractivity contribution >= 4 is 0 Å².